The number of hydrogen-bond acceptors (Lipinski definition) is 2. The standard InChI is InChI=1S/C32H29NSSi/c1-20-10-12-25(21(2)16-20)23-11-13-27-28-14-15-33-31(32(28)34-29(27)18-23)24-17-22-8-6-7-9-26(22)30(19-24)35(3,4)5/h6-19H,1-5H3. The van der Waals surface area contributed by atoms with Gasteiger partial charge in [-0.2, -0.15) is 0 Å². The van der Waals surface area contributed by atoms with Gasteiger partial charge in [0.05, 0.1) is 18.5 Å². The Morgan fingerprint density at radius 3 is 2.34 bits per heavy atom. The zero-order valence-electron chi connectivity index (χ0n) is 20.9. The summed E-state index contributed by atoms with van der Waals surface area (Å²) in [6, 6.07) is 29.4. The van der Waals surface area contributed by atoms with Gasteiger partial charge in [-0.15, -0.1) is 11.3 Å². The molecule has 0 saturated heterocycles. The van der Waals surface area contributed by atoms with Crippen LogP contribution in [0.4, 0.5) is 0 Å². The fourth-order valence-corrected chi connectivity index (χ4v) is 8.15. The lowest BCUT2D eigenvalue weighted by Gasteiger charge is -2.21. The molecule has 0 bridgehead atoms. The van der Waals surface area contributed by atoms with E-state index in [-0.39, 0.29) is 0 Å². The largest absolute Gasteiger partial charge is 0.255 e. The fourth-order valence-electron chi connectivity index (χ4n) is 5.28. The van der Waals surface area contributed by atoms with Gasteiger partial charge in [-0.05, 0) is 59.5 Å². The Bertz CT molecular complexity index is 1750. The SMILES string of the molecule is Cc1ccc(-c2ccc3c(c2)sc2c(-c4cc([Si](C)(C)C)c5ccccc5c4)nccc23)c(C)c1. The molecule has 2 heterocycles. The van der Waals surface area contributed by atoms with Crippen LogP contribution in [0.3, 0.4) is 0 Å². The highest BCUT2D eigenvalue weighted by molar-refractivity contribution is 7.26. The van der Waals surface area contributed by atoms with Crippen molar-refractivity contribution in [1.29, 1.82) is 0 Å². The molecule has 4 aromatic carbocycles. The number of aryl methyl sites for hydroxylation is 2. The molecule has 0 aliphatic rings. The third-order valence-corrected chi connectivity index (χ3v) is 10.2. The van der Waals surface area contributed by atoms with Crippen molar-refractivity contribution in [3.8, 4) is 22.4 Å². The van der Waals surface area contributed by atoms with E-state index in [0.29, 0.717) is 0 Å². The van der Waals surface area contributed by atoms with Crippen molar-refractivity contribution in [3.05, 3.63) is 96.2 Å². The van der Waals surface area contributed by atoms with Crippen LogP contribution in [0, 0.1) is 13.8 Å². The summed E-state index contributed by atoms with van der Waals surface area (Å²) in [5.74, 6) is 0. The van der Waals surface area contributed by atoms with Gasteiger partial charge in [0, 0.05) is 27.2 Å². The summed E-state index contributed by atoms with van der Waals surface area (Å²) in [6.07, 6.45) is 1.98. The second-order valence-electron chi connectivity index (χ2n) is 10.7. The van der Waals surface area contributed by atoms with Gasteiger partial charge in [-0.3, -0.25) is 4.98 Å². The lowest BCUT2D eigenvalue weighted by Crippen LogP contribution is -2.38. The Kier molecular flexibility index (Phi) is 5.17. The van der Waals surface area contributed by atoms with Crippen molar-refractivity contribution < 1.29 is 0 Å². The monoisotopic (exact) mass is 487 g/mol. The minimum absolute atomic E-state index is 1.10. The van der Waals surface area contributed by atoms with Gasteiger partial charge in [-0.25, -0.2) is 0 Å². The van der Waals surface area contributed by atoms with E-state index in [9.17, 15) is 0 Å². The van der Waals surface area contributed by atoms with Crippen LogP contribution in [0.25, 0.3) is 53.3 Å². The number of nitrogens with zero attached hydrogens (tertiary/aromatic N) is 1. The zero-order valence-corrected chi connectivity index (χ0v) is 22.8. The number of aromatic nitrogens is 1. The lowest BCUT2D eigenvalue weighted by molar-refractivity contribution is 1.37. The van der Waals surface area contributed by atoms with E-state index in [4.69, 9.17) is 4.98 Å². The minimum Gasteiger partial charge on any atom is -0.255 e. The predicted octanol–water partition coefficient (Wildman–Crippen LogP) is 9.10. The van der Waals surface area contributed by atoms with Crippen molar-refractivity contribution >= 4 is 55.5 Å². The van der Waals surface area contributed by atoms with Gasteiger partial charge in [0.15, 0.2) is 0 Å². The van der Waals surface area contributed by atoms with Crippen molar-refractivity contribution in [1.82, 2.24) is 4.98 Å². The number of fused-ring (bicyclic) bond motifs is 4. The van der Waals surface area contributed by atoms with Crippen LogP contribution >= 0.6 is 11.3 Å². The van der Waals surface area contributed by atoms with E-state index in [2.05, 4.69) is 112 Å². The molecule has 2 aromatic heterocycles. The van der Waals surface area contributed by atoms with Crippen molar-refractivity contribution in [3.63, 3.8) is 0 Å². The summed E-state index contributed by atoms with van der Waals surface area (Å²) in [5.41, 5.74) is 7.54. The average Bonchev–Trinajstić information content (AvgIpc) is 3.20. The minimum atomic E-state index is -1.54. The normalized spacial score (nSPS) is 12.1. The first-order valence-corrected chi connectivity index (χ1v) is 16.5. The molecule has 0 aliphatic carbocycles. The molecular formula is C32H29NSSi. The molecule has 3 heteroatoms. The molecule has 0 spiro atoms. The summed E-state index contributed by atoms with van der Waals surface area (Å²) in [4.78, 5) is 4.93. The van der Waals surface area contributed by atoms with Gasteiger partial charge >= 0.3 is 0 Å². The van der Waals surface area contributed by atoms with E-state index >= 15 is 0 Å². The van der Waals surface area contributed by atoms with Gasteiger partial charge < -0.3 is 0 Å². The second kappa shape index (κ2) is 8.15. The molecule has 6 aromatic rings. The highest BCUT2D eigenvalue weighted by Gasteiger charge is 2.21. The quantitative estimate of drug-likeness (QED) is 0.227. The third kappa shape index (κ3) is 3.80. The van der Waals surface area contributed by atoms with Gasteiger partial charge in [0.2, 0.25) is 0 Å². The first-order valence-electron chi connectivity index (χ1n) is 12.2. The highest BCUT2D eigenvalue weighted by atomic mass is 32.1. The Morgan fingerprint density at radius 1 is 0.714 bits per heavy atom. The van der Waals surface area contributed by atoms with Gasteiger partial charge in [0.1, 0.15) is 0 Å². The van der Waals surface area contributed by atoms with E-state index < -0.39 is 8.07 Å². The number of benzene rings is 4. The lowest BCUT2D eigenvalue weighted by atomic mass is 9.98. The third-order valence-electron chi connectivity index (χ3n) is 7.02. The smallest absolute Gasteiger partial charge is 0.0880 e. The molecule has 0 radical (unpaired) electrons. The molecule has 0 fully saturated rings. The van der Waals surface area contributed by atoms with Gasteiger partial charge in [-0.1, -0.05) is 91.1 Å². The van der Waals surface area contributed by atoms with Crippen LogP contribution in [0.2, 0.25) is 19.6 Å². The van der Waals surface area contributed by atoms with Crippen molar-refractivity contribution in [2.45, 2.75) is 33.5 Å². The molecule has 0 aliphatic heterocycles. The Hall–Kier alpha value is -3.27. The summed E-state index contributed by atoms with van der Waals surface area (Å²) in [7, 11) is -1.54. The van der Waals surface area contributed by atoms with Crippen LogP contribution in [0.15, 0.2) is 85.1 Å². The summed E-state index contributed by atoms with van der Waals surface area (Å²) < 4.78 is 2.59. The van der Waals surface area contributed by atoms with Crippen LogP contribution in [-0.2, 0) is 0 Å². The maximum absolute atomic E-state index is 4.93. The first-order chi connectivity index (χ1) is 16.8. The maximum atomic E-state index is 4.93. The summed E-state index contributed by atoms with van der Waals surface area (Å²) in [6.45, 7) is 11.7. The average molecular weight is 488 g/mol. The molecule has 0 N–H and O–H groups in total. The molecule has 1 nitrogen and oxygen atoms in total. The van der Waals surface area contributed by atoms with Crippen LogP contribution < -0.4 is 5.19 Å². The molecule has 6 rings (SSSR count). The maximum Gasteiger partial charge on any atom is 0.0880 e. The second-order valence-corrected chi connectivity index (χ2v) is 16.8. The summed E-state index contributed by atoms with van der Waals surface area (Å²) >= 11 is 1.87. The molecule has 35 heavy (non-hydrogen) atoms. The molecular weight excluding hydrogens is 459 g/mol. The molecule has 172 valence electrons. The fraction of sp³-hybridized carbons (Fsp3) is 0.156. The Balaban J connectivity index is 1.58. The molecule has 0 saturated carbocycles. The number of hydrogen-bond donors (Lipinski definition) is 0. The van der Waals surface area contributed by atoms with E-state index in [1.54, 1.807) is 0 Å². The van der Waals surface area contributed by atoms with Crippen LogP contribution in [0.5, 0.6) is 0 Å². The van der Waals surface area contributed by atoms with E-state index in [0.717, 1.165) is 5.69 Å². The first kappa shape index (κ1) is 22.2. The zero-order chi connectivity index (χ0) is 24.3. The van der Waals surface area contributed by atoms with Crippen molar-refractivity contribution in [2.75, 3.05) is 0 Å². The van der Waals surface area contributed by atoms with E-state index in [1.165, 1.54) is 63.9 Å². The van der Waals surface area contributed by atoms with Gasteiger partial charge in [0.25, 0.3) is 0 Å². The van der Waals surface area contributed by atoms with Crippen molar-refractivity contribution in [2.24, 2.45) is 0 Å². The molecule has 0 atom stereocenters. The van der Waals surface area contributed by atoms with Crippen LogP contribution in [0.1, 0.15) is 11.1 Å². The molecule has 0 amide bonds. The van der Waals surface area contributed by atoms with E-state index in [1.807, 2.05) is 17.5 Å². The Morgan fingerprint density at radius 2 is 1.54 bits per heavy atom. The topological polar surface area (TPSA) is 12.9 Å². The highest BCUT2D eigenvalue weighted by Crippen LogP contribution is 2.41. The van der Waals surface area contributed by atoms with Crippen LogP contribution in [-0.4, -0.2) is 13.1 Å². The number of rotatable bonds is 3. The molecule has 0 unspecified atom stereocenters. The number of pyridine rings is 1. The number of thiophene rings is 1. The Labute approximate surface area is 212 Å². The predicted molar refractivity (Wildman–Crippen MR) is 158 cm³/mol. The summed E-state index contributed by atoms with van der Waals surface area (Å²) in [5, 5.41) is 6.80.